The summed E-state index contributed by atoms with van der Waals surface area (Å²) < 4.78 is 7.28. The van der Waals surface area contributed by atoms with Gasteiger partial charge < -0.3 is 14.3 Å². The van der Waals surface area contributed by atoms with Gasteiger partial charge in [-0.05, 0) is 48.7 Å². The number of carbonyl (C=O) groups excluding carboxylic acids is 1. The molecule has 1 amide bonds. The zero-order valence-electron chi connectivity index (χ0n) is 17.0. The van der Waals surface area contributed by atoms with Crippen LogP contribution in [0, 0.1) is 13.8 Å². The maximum Gasteiger partial charge on any atom is 0.242 e. The van der Waals surface area contributed by atoms with Crippen LogP contribution in [0.4, 0.5) is 5.69 Å². The van der Waals surface area contributed by atoms with E-state index in [1.54, 1.807) is 12.3 Å². The van der Waals surface area contributed by atoms with Crippen LogP contribution < -0.4 is 5.32 Å². The van der Waals surface area contributed by atoms with E-state index in [4.69, 9.17) is 4.42 Å². The van der Waals surface area contributed by atoms with Crippen molar-refractivity contribution in [2.45, 2.75) is 24.3 Å². The molecule has 0 aliphatic heterocycles. The normalized spacial score (nSPS) is 12.0. The van der Waals surface area contributed by atoms with E-state index in [0.717, 1.165) is 22.4 Å². The smallest absolute Gasteiger partial charge is 0.242 e. The van der Waals surface area contributed by atoms with E-state index >= 15 is 0 Å². The molecule has 7 heteroatoms. The number of aromatic nitrogens is 3. The molecular weight excluding hydrogens is 396 g/mol. The van der Waals surface area contributed by atoms with Crippen LogP contribution in [0.5, 0.6) is 0 Å². The second-order valence-corrected chi connectivity index (χ2v) is 8.13. The predicted octanol–water partition coefficient (Wildman–Crippen LogP) is 5.16. The largest absolute Gasteiger partial charge is 0.461 e. The van der Waals surface area contributed by atoms with Gasteiger partial charge in [0.05, 0.1) is 6.26 Å². The Labute approximate surface area is 179 Å². The summed E-state index contributed by atoms with van der Waals surface area (Å²) in [5, 5.41) is 11.8. The molecular formula is C23H22N4O2S. The van der Waals surface area contributed by atoms with E-state index in [1.165, 1.54) is 11.8 Å². The van der Waals surface area contributed by atoms with E-state index in [0.29, 0.717) is 16.7 Å². The van der Waals surface area contributed by atoms with Gasteiger partial charge in [-0.25, -0.2) is 0 Å². The number of furan rings is 1. The first-order chi connectivity index (χ1) is 14.5. The molecule has 0 fully saturated rings. The van der Waals surface area contributed by atoms with Gasteiger partial charge in [0.15, 0.2) is 16.7 Å². The fourth-order valence-electron chi connectivity index (χ4n) is 3.11. The zero-order valence-corrected chi connectivity index (χ0v) is 17.8. The first kappa shape index (κ1) is 20.0. The monoisotopic (exact) mass is 418 g/mol. The van der Waals surface area contributed by atoms with Crippen LogP contribution in [-0.4, -0.2) is 20.7 Å². The van der Waals surface area contributed by atoms with Crippen molar-refractivity contribution in [1.82, 2.24) is 14.8 Å². The van der Waals surface area contributed by atoms with Crippen molar-refractivity contribution in [1.29, 1.82) is 0 Å². The molecule has 0 radical (unpaired) electrons. The van der Waals surface area contributed by atoms with E-state index in [2.05, 4.69) is 15.5 Å². The lowest BCUT2D eigenvalue weighted by Gasteiger charge is -2.18. The highest BCUT2D eigenvalue weighted by molar-refractivity contribution is 8.00. The first-order valence-electron chi connectivity index (χ1n) is 9.56. The summed E-state index contributed by atoms with van der Waals surface area (Å²) >= 11 is 1.36. The average Bonchev–Trinajstić information content (AvgIpc) is 3.39. The van der Waals surface area contributed by atoms with Crippen molar-refractivity contribution in [3.63, 3.8) is 0 Å². The Kier molecular flexibility index (Phi) is 5.72. The van der Waals surface area contributed by atoms with Gasteiger partial charge >= 0.3 is 0 Å². The van der Waals surface area contributed by atoms with Gasteiger partial charge in [0.1, 0.15) is 5.25 Å². The Hall–Kier alpha value is -3.32. The van der Waals surface area contributed by atoms with Gasteiger partial charge in [-0.2, -0.15) is 0 Å². The minimum absolute atomic E-state index is 0.109. The van der Waals surface area contributed by atoms with E-state index < -0.39 is 5.25 Å². The lowest BCUT2D eigenvalue weighted by molar-refractivity contribution is -0.115. The molecule has 0 saturated carbocycles. The van der Waals surface area contributed by atoms with Gasteiger partial charge in [-0.15, -0.1) is 10.2 Å². The van der Waals surface area contributed by atoms with E-state index in [-0.39, 0.29) is 5.91 Å². The molecule has 6 nitrogen and oxygen atoms in total. The lowest BCUT2D eigenvalue weighted by Crippen LogP contribution is -2.20. The number of thioether (sulfide) groups is 1. The molecule has 1 N–H and O–H groups in total. The number of nitrogens with one attached hydrogen (secondary N) is 1. The van der Waals surface area contributed by atoms with Crippen LogP contribution >= 0.6 is 11.8 Å². The fourth-order valence-corrected chi connectivity index (χ4v) is 4.12. The molecule has 4 aromatic rings. The van der Waals surface area contributed by atoms with Crippen molar-refractivity contribution in [3.8, 4) is 11.6 Å². The molecule has 1 atom stereocenters. The number of amides is 1. The first-order valence-corrected chi connectivity index (χ1v) is 10.4. The molecule has 0 aliphatic rings. The van der Waals surface area contributed by atoms with Gasteiger partial charge in [-0.1, -0.05) is 54.2 Å². The maximum atomic E-state index is 13.3. The molecule has 2 aromatic carbocycles. The molecule has 0 saturated heterocycles. The fraction of sp³-hybridized carbons (Fsp3) is 0.174. The zero-order chi connectivity index (χ0) is 21.1. The van der Waals surface area contributed by atoms with Crippen LogP contribution in [0.3, 0.4) is 0 Å². The number of rotatable bonds is 6. The van der Waals surface area contributed by atoms with E-state index in [1.807, 2.05) is 80.1 Å². The molecule has 2 heterocycles. The molecule has 152 valence electrons. The summed E-state index contributed by atoms with van der Waals surface area (Å²) in [5.41, 5.74) is 3.82. The van der Waals surface area contributed by atoms with Crippen molar-refractivity contribution in [2.75, 3.05) is 5.32 Å². The summed E-state index contributed by atoms with van der Waals surface area (Å²) in [6.45, 7) is 3.99. The highest BCUT2D eigenvalue weighted by Gasteiger charge is 2.26. The minimum Gasteiger partial charge on any atom is -0.461 e. The maximum absolute atomic E-state index is 13.3. The Bertz CT molecular complexity index is 1150. The number of aryl methyl sites for hydroxylation is 2. The van der Waals surface area contributed by atoms with Crippen molar-refractivity contribution < 1.29 is 9.21 Å². The quantitative estimate of drug-likeness (QED) is 0.438. The summed E-state index contributed by atoms with van der Waals surface area (Å²) in [7, 11) is 1.87. The number of nitrogens with zero attached hydrogens (tertiary/aromatic N) is 3. The summed E-state index contributed by atoms with van der Waals surface area (Å²) in [6, 6.07) is 19.4. The Morgan fingerprint density at radius 1 is 1.07 bits per heavy atom. The summed E-state index contributed by atoms with van der Waals surface area (Å²) in [6.07, 6.45) is 1.60. The molecule has 0 unspecified atom stereocenters. The molecule has 30 heavy (non-hydrogen) atoms. The highest BCUT2D eigenvalue weighted by Crippen LogP contribution is 2.36. The van der Waals surface area contributed by atoms with Crippen molar-refractivity contribution >= 4 is 23.4 Å². The third-order valence-corrected chi connectivity index (χ3v) is 6.08. The third-order valence-electron chi connectivity index (χ3n) is 4.79. The number of hydrogen-bond acceptors (Lipinski definition) is 5. The third kappa shape index (κ3) is 4.16. The van der Waals surface area contributed by atoms with E-state index in [9.17, 15) is 4.79 Å². The Balaban J connectivity index is 1.64. The number of benzene rings is 2. The number of hydrogen-bond donors (Lipinski definition) is 1. The topological polar surface area (TPSA) is 73.0 Å². The molecule has 0 bridgehead atoms. The number of carbonyl (C=O) groups is 1. The van der Waals surface area contributed by atoms with Gasteiger partial charge in [-0.3, -0.25) is 4.79 Å². The van der Waals surface area contributed by atoms with Crippen LogP contribution in [0.2, 0.25) is 0 Å². The van der Waals surface area contributed by atoms with Crippen LogP contribution in [0.25, 0.3) is 11.6 Å². The van der Waals surface area contributed by atoms with Gasteiger partial charge in [0.2, 0.25) is 5.91 Å². The van der Waals surface area contributed by atoms with Gasteiger partial charge in [0.25, 0.3) is 0 Å². The highest BCUT2D eigenvalue weighted by atomic mass is 32.2. The minimum atomic E-state index is -0.488. The average molecular weight is 419 g/mol. The molecule has 0 aliphatic carbocycles. The van der Waals surface area contributed by atoms with Crippen LogP contribution in [0.1, 0.15) is 21.9 Å². The standard InChI is InChI=1S/C23H22N4O2S/c1-15-11-12-16(2)18(14-15)24-22(28)20(17-8-5-4-6-9-17)30-23-26-25-21(27(23)3)19-10-7-13-29-19/h4-14,20H,1-3H3,(H,24,28)/t20-/m0/s1. The number of anilines is 1. The second kappa shape index (κ2) is 8.59. The Morgan fingerprint density at radius 2 is 1.87 bits per heavy atom. The Morgan fingerprint density at radius 3 is 2.60 bits per heavy atom. The van der Waals surface area contributed by atoms with Crippen LogP contribution in [-0.2, 0) is 11.8 Å². The summed E-state index contributed by atoms with van der Waals surface area (Å²) in [4.78, 5) is 13.3. The van der Waals surface area contributed by atoms with Crippen molar-refractivity contribution in [3.05, 3.63) is 83.6 Å². The molecule has 2 aromatic heterocycles. The van der Waals surface area contributed by atoms with Crippen molar-refractivity contribution in [2.24, 2.45) is 7.05 Å². The van der Waals surface area contributed by atoms with Gasteiger partial charge in [0, 0.05) is 12.7 Å². The second-order valence-electron chi connectivity index (χ2n) is 7.06. The predicted molar refractivity (Wildman–Crippen MR) is 118 cm³/mol. The molecule has 4 rings (SSSR count). The van der Waals surface area contributed by atoms with Crippen LogP contribution in [0.15, 0.2) is 76.5 Å². The lowest BCUT2D eigenvalue weighted by atomic mass is 10.1. The molecule has 0 spiro atoms. The summed E-state index contributed by atoms with van der Waals surface area (Å²) in [5.74, 6) is 1.14. The SMILES string of the molecule is Cc1ccc(C)c(NC(=O)[C@@H](Sc2nnc(-c3ccco3)n2C)c2ccccc2)c1.